The van der Waals surface area contributed by atoms with Crippen LogP contribution in [0.4, 0.5) is 8.78 Å². The first-order chi connectivity index (χ1) is 6.65. The summed E-state index contributed by atoms with van der Waals surface area (Å²) in [7, 11) is 0. The largest absolute Gasteiger partial charge is 0.486 e. The standard InChI is InChI=1S/C10H8F2O2/c11-6-1-2-10(9(12)3-6)14-8-4-7(13)5-8/h1-3,8H,4-5H2. The van der Waals surface area contributed by atoms with Crippen molar-refractivity contribution in [2.45, 2.75) is 18.9 Å². The minimum atomic E-state index is -0.732. The zero-order valence-corrected chi connectivity index (χ0v) is 7.30. The van der Waals surface area contributed by atoms with Crippen LogP contribution in [0.3, 0.4) is 0 Å². The molecule has 0 bridgehead atoms. The van der Waals surface area contributed by atoms with Gasteiger partial charge in [-0.05, 0) is 12.1 Å². The van der Waals surface area contributed by atoms with Gasteiger partial charge in [-0.2, -0.15) is 0 Å². The van der Waals surface area contributed by atoms with Crippen LogP contribution in [0.15, 0.2) is 18.2 Å². The van der Waals surface area contributed by atoms with E-state index in [9.17, 15) is 13.6 Å². The van der Waals surface area contributed by atoms with Crippen molar-refractivity contribution in [3.05, 3.63) is 29.8 Å². The van der Waals surface area contributed by atoms with E-state index in [-0.39, 0.29) is 17.6 Å². The van der Waals surface area contributed by atoms with Gasteiger partial charge in [-0.1, -0.05) is 0 Å². The predicted molar refractivity (Wildman–Crippen MR) is 45.0 cm³/mol. The molecule has 1 aliphatic rings. The number of carbonyl (C=O) groups excluding carboxylic acids is 1. The van der Waals surface area contributed by atoms with Gasteiger partial charge in [0.2, 0.25) is 0 Å². The van der Waals surface area contributed by atoms with Gasteiger partial charge < -0.3 is 4.74 Å². The Morgan fingerprint density at radius 3 is 2.57 bits per heavy atom. The van der Waals surface area contributed by atoms with Gasteiger partial charge in [0.25, 0.3) is 0 Å². The highest BCUT2D eigenvalue weighted by Crippen LogP contribution is 2.25. The van der Waals surface area contributed by atoms with Crippen molar-refractivity contribution in [1.82, 2.24) is 0 Å². The molecule has 0 aliphatic heterocycles. The first-order valence-corrected chi connectivity index (χ1v) is 4.28. The molecule has 0 saturated heterocycles. The molecule has 0 radical (unpaired) electrons. The van der Waals surface area contributed by atoms with Crippen molar-refractivity contribution in [2.75, 3.05) is 0 Å². The quantitative estimate of drug-likeness (QED) is 0.727. The number of Topliss-reactive ketones (excluding diaryl/α,β-unsaturated/α-hetero) is 1. The SMILES string of the molecule is O=C1CC(Oc2ccc(F)cc2F)C1. The van der Waals surface area contributed by atoms with Crippen LogP contribution in [-0.2, 0) is 4.79 Å². The predicted octanol–water partition coefficient (Wildman–Crippen LogP) is 2.08. The van der Waals surface area contributed by atoms with Crippen LogP contribution >= 0.6 is 0 Å². The fourth-order valence-corrected chi connectivity index (χ4v) is 1.28. The average Bonchev–Trinajstić information content (AvgIpc) is 2.06. The molecule has 2 nitrogen and oxygen atoms in total. The van der Waals surface area contributed by atoms with Crippen molar-refractivity contribution >= 4 is 5.78 Å². The number of rotatable bonds is 2. The summed E-state index contributed by atoms with van der Waals surface area (Å²) in [4.78, 5) is 10.6. The lowest BCUT2D eigenvalue weighted by Gasteiger charge is -2.25. The molecule has 0 unspecified atom stereocenters. The number of carbonyl (C=O) groups is 1. The lowest BCUT2D eigenvalue weighted by molar-refractivity contribution is -0.129. The molecular weight excluding hydrogens is 190 g/mol. The second kappa shape index (κ2) is 3.36. The number of hydrogen-bond donors (Lipinski definition) is 0. The molecule has 0 heterocycles. The second-order valence-corrected chi connectivity index (χ2v) is 3.26. The van der Waals surface area contributed by atoms with Crippen molar-refractivity contribution in [3.63, 3.8) is 0 Å². The fourth-order valence-electron chi connectivity index (χ4n) is 1.28. The Morgan fingerprint density at radius 1 is 1.29 bits per heavy atom. The molecule has 0 spiro atoms. The number of ketones is 1. The van der Waals surface area contributed by atoms with Gasteiger partial charge in [-0.3, -0.25) is 4.79 Å². The molecule has 1 aromatic carbocycles. The lowest BCUT2D eigenvalue weighted by Crippen LogP contribution is -2.33. The van der Waals surface area contributed by atoms with Crippen molar-refractivity contribution in [2.24, 2.45) is 0 Å². The first-order valence-electron chi connectivity index (χ1n) is 4.28. The smallest absolute Gasteiger partial charge is 0.167 e. The minimum Gasteiger partial charge on any atom is -0.486 e. The van der Waals surface area contributed by atoms with Crippen LogP contribution in [0.5, 0.6) is 5.75 Å². The zero-order chi connectivity index (χ0) is 10.1. The van der Waals surface area contributed by atoms with Crippen molar-refractivity contribution in [1.29, 1.82) is 0 Å². The van der Waals surface area contributed by atoms with Gasteiger partial charge in [0.15, 0.2) is 11.6 Å². The Balaban J connectivity index is 2.06. The van der Waals surface area contributed by atoms with E-state index in [0.717, 1.165) is 12.1 Å². The van der Waals surface area contributed by atoms with Crippen molar-refractivity contribution < 1.29 is 18.3 Å². The van der Waals surface area contributed by atoms with Gasteiger partial charge in [0.05, 0.1) is 0 Å². The third-order valence-electron chi connectivity index (χ3n) is 2.10. The van der Waals surface area contributed by atoms with E-state index in [4.69, 9.17) is 4.74 Å². The van der Waals surface area contributed by atoms with Crippen LogP contribution in [0.25, 0.3) is 0 Å². The molecule has 0 atom stereocenters. The molecule has 1 aliphatic carbocycles. The topological polar surface area (TPSA) is 26.3 Å². The van der Waals surface area contributed by atoms with E-state index < -0.39 is 11.6 Å². The van der Waals surface area contributed by atoms with Crippen LogP contribution in [0.1, 0.15) is 12.8 Å². The number of hydrogen-bond acceptors (Lipinski definition) is 2. The number of halogens is 2. The summed E-state index contributed by atoms with van der Waals surface area (Å²) >= 11 is 0. The van der Waals surface area contributed by atoms with E-state index >= 15 is 0 Å². The minimum absolute atomic E-state index is 0.00361. The summed E-state index contributed by atoms with van der Waals surface area (Å²) in [5, 5.41) is 0. The van der Waals surface area contributed by atoms with Crippen LogP contribution in [0.2, 0.25) is 0 Å². The summed E-state index contributed by atoms with van der Waals surface area (Å²) in [6.07, 6.45) is 0.385. The Bertz CT molecular complexity index is 368. The highest BCUT2D eigenvalue weighted by atomic mass is 19.1. The molecule has 14 heavy (non-hydrogen) atoms. The molecule has 2 rings (SSSR count). The molecule has 4 heteroatoms. The summed E-state index contributed by atoms with van der Waals surface area (Å²) in [5.41, 5.74) is 0. The monoisotopic (exact) mass is 198 g/mol. The van der Waals surface area contributed by atoms with Crippen LogP contribution in [-0.4, -0.2) is 11.9 Å². The van der Waals surface area contributed by atoms with E-state index in [0.29, 0.717) is 12.8 Å². The third-order valence-corrected chi connectivity index (χ3v) is 2.10. The Morgan fingerprint density at radius 2 is 2.00 bits per heavy atom. The van der Waals surface area contributed by atoms with E-state index in [1.54, 1.807) is 0 Å². The highest BCUT2D eigenvalue weighted by Gasteiger charge is 2.28. The molecule has 0 amide bonds. The summed E-state index contributed by atoms with van der Waals surface area (Å²) in [6.45, 7) is 0. The van der Waals surface area contributed by atoms with Crippen LogP contribution < -0.4 is 4.74 Å². The second-order valence-electron chi connectivity index (χ2n) is 3.26. The molecular formula is C10H8F2O2. The van der Waals surface area contributed by atoms with Gasteiger partial charge in [0.1, 0.15) is 17.7 Å². The molecule has 74 valence electrons. The summed E-state index contributed by atoms with van der Waals surface area (Å²) < 4.78 is 30.7. The normalized spacial score (nSPS) is 16.6. The Hall–Kier alpha value is -1.45. The Kier molecular flexibility index (Phi) is 2.19. The summed E-state index contributed by atoms with van der Waals surface area (Å²) in [6, 6.07) is 3.11. The van der Waals surface area contributed by atoms with Crippen LogP contribution in [0, 0.1) is 11.6 Å². The maximum absolute atomic E-state index is 13.0. The van der Waals surface area contributed by atoms with Gasteiger partial charge in [0, 0.05) is 18.9 Å². The average molecular weight is 198 g/mol. The molecule has 1 aromatic rings. The fraction of sp³-hybridized carbons (Fsp3) is 0.300. The van der Waals surface area contributed by atoms with E-state index in [1.165, 1.54) is 6.07 Å². The Labute approximate surface area is 79.5 Å². The number of benzene rings is 1. The van der Waals surface area contributed by atoms with E-state index in [1.807, 2.05) is 0 Å². The molecule has 0 aromatic heterocycles. The maximum Gasteiger partial charge on any atom is 0.167 e. The summed E-state index contributed by atoms with van der Waals surface area (Å²) in [5.74, 6) is -1.26. The highest BCUT2D eigenvalue weighted by molar-refractivity contribution is 5.85. The molecule has 1 fully saturated rings. The van der Waals surface area contributed by atoms with Gasteiger partial charge in [-0.25, -0.2) is 8.78 Å². The van der Waals surface area contributed by atoms with E-state index in [2.05, 4.69) is 0 Å². The molecule has 1 saturated carbocycles. The van der Waals surface area contributed by atoms with Gasteiger partial charge in [-0.15, -0.1) is 0 Å². The maximum atomic E-state index is 13.0. The van der Waals surface area contributed by atoms with Gasteiger partial charge >= 0.3 is 0 Å². The molecule has 0 N–H and O–H groups in total. The van der Waals surface area contributed by atoms with Crippen molar-refractivity contribution in [3.8, 4) is 5.75 Å². The number of ether oxygens (including phenoxy) is 1. The first kappa shape index (κ1) is 9.12. The third kappa shape index (κ3) is 1.73. The zero-order valence-electron chi connectivity index (χ0n) is 7.30. The lowest BCUT2D eigenvalue weighted by atomic mass is 9.94.